The molecule has 2 saturated heterocycles. The third-order valence-electron chi connectivity index (χ3n) is 6.04. The summed E-state index contributed by atoms with van der Waals surface area (Å²) < 4.78 is 0.759. The number of hydrogen-bond donors (Lipinski definition) is 8. The lowest BCUT2D eigenvalue weighted by Gasteiger charge is -2.37. The van der Waals surface area contributed by atoms with Crippen LogP contribution in [0.2, 0.25) is 0 Å². The minimum absolute atomic E-state index is 0.0862. The average molecular weight is 516 g/mol. The van der Waals surface area contributed by atoms with Crippen LogP contribution in [0.5, 0.6) is 0 Å². The SMILES string of the molecule is N=C(c1ccc(Nc2nc(N3CC(N)CC(N)C3)nc(N3CC(N)CC(N)C3)n2)cc1)N(S)C(N)=O. The normalized spacial score (nSPS) is 24.4. The Kier molecular flexibility index (Phi) is 7.75. The number of hydrogen-bond acceptors (Lipinski definition) is 13. The molecule has 0 aliphatic carbocycles. The van der Waals surface area contributed by atoms with E-state index in [4.69, 9.17) is 39.1 Å². The summed E-state index contributed by atoms with van der Waals surface area (Å²) in [4.78, 5) is 29.2. The van der Waals surface area contributed by atoms with Crippen LogP contribution in [0.3, 0.4) is 0 Å². The van der Waals surface area contributed by atoms with Crippen molar-refractivity contribution in [3.05, 3.63) is 29.8 Å². The lowest BCUT2D eigenvalue weighted by atomic mass is 10.0. The van der Waals surface area contributed by atoms with Gasteiger partial charge in [-0.1, -0.05) is 12.8 Å². The zero-order valence-electron chi connectivity index (χ0n) is 19.8. The van der Waals surface area contributed by atoms with Crippen LogP contribution in [0.15, 0.2) is 24.3 Å². The molecule has 4 rings (SSSR count). The Bertz CT molecular complexity index is 1040. The molecule has 0 spiro atoms. The molecule has 1 aromatic heterocycles. The summed E-state index contributed by atoms with van der Waals surface area (Å²) >= 11 is 3.93. The van der Waals surface area contributed by atoms with Gasteiger partial charge in [-0.25, -0.2) is 9.10 Å². The fraction of sp³-hybridized carbons (Fsp3) is 0.476. The lowest BCUT2D eigenvalue weighted by molar-refractivity contribution is 0.244. The van der Waals surface area contributed by atoms with Gasteiger partial charge < -0.3 is 43.8 Å². The van der Waals surface area contributed by atoms with Crippen molar-refractivity contribution in [3.8, 4) is 0 Å². The monoisotopic (exact) mass is 515 g/mol. The first-order valence-electron chi connectivity index (χ1n) is 11.6. The maximum atomic E-state index is 11.3. The molecule has 0 bridgehead atoms. The van der Waals surface area contributed by atoms with Crippen LogP contribution >= 0.6 is 12.8 Å². The Morgan fingerprint density at radius 1 is 0.889 bits per heavy atom. The van der Waals surface area contributed by atoms with E-state index in [1.807, 2.05) is 9.80 Å². The predicted octanol–water partition coefficient (Wildman–Crippen LogP) is -1.10. The number of amidine groups is 1. The standard InChI is InChI=1S/C21H33N13OS/c22-12-5-13(23)8-32(7-12)20-29-19(30-21(31-20)33-9-14(24)6-15(25)10-33)28-16-3-1-11(2-4-16)17(26)34(36)18(27)35/h1-4,12-15,26,36H,5-10,22-25H2,(H2,27,35)(H,28,29,30,31). The molecule has 2 aromatic rings. The Morgan fingerprint density at radius 2 is 1.33 bits per heavy atom. The first-order valence-corrected chi connectivity index (χ1v) is 12.0. The molecule has 36 heavy (non-hydrogen) atoms. The van der Waals surface area contributed by atoms with E-state index in [9.17, 15) is 4.79 Å². The van der Waals surface area contributed by atoms with E-state index in [1.54, 1.807) is 24.3 Å². The van der Waals surface area contributed by atoms with Crippen LogP contribution in [0.25, 0.3) is 0 Å². The fourth-order valence-corrected chi connectivity index (χ4v) is 4.56. The number of thiol groups is 1. The number of piperidine rings is 2. The van der Waals surface area contributed by atoms with Gasteiger partial charge in [-0.15, -0.1) is 0 Å². The van der Waals surface area contributed by atoms with Gasteiger partial charge in [-0.3, -0.25) is 5.41 Å². The second-order valence-electron chi connectivity index (χ2n) is 9.28. The van der Waals surface area contributed by atoms with Crippen molar-refractivity contribution in [2.24, 2.45) is 28.7 Å². The molecule has 15 heteroatoms. The number of nitrogens with one attached hydrogen (secondary N) is 2. The molecule has 0 radical (unpaired) electrons. The number of benzene rings is 1. The van der Waals surface area contributed by atoms with E-state index in [0.717, 1.165) is 17.1 Å². The second-order valence-corrected chi connectivity index (χ2v) is 9.68. The summed E-state index contributed by atoms with van der Waals surface area (Å²) in [6, 6.07) is 5.59. The highest BCUT2D eigenvalue weighted by molar-refractivity contribution is 7.79. The molecular weight excluding hydrogens is 482 g/mol. The first kappa shape index (κ1) is 25.8. The quantitative estimate of drug-likeness (QED) is 0.135. The number of aromatic nitrogens is 3. The number of amides is 2. The van der Waals surface area contributed by atoms with Crippen LogP contribution in [0.1, 0.15) is 18.4 Å². The smallest absolute Gasteiger partial charge is 0.330 e. The maximum absolute atomic E-state index is 11.3. The summed E-state index contributed by atoms with van der Waals surface area (Å²) in [5.41, 5.74) is 31.1. The molecule has 2 aliphatic heterocycles. The second kappa shape index (κ2) is 10.8. The number of nitrogens with two attached hydrogens (primary N) is 5. The van der Waals surface area contributed by atoms with Crippen molar-refractivity contribution >= 4 is 48.2 Å². The van der Waals surface area contributed by atoms with Gasteiger partial charge in [-0.05, 0) is 37.1 Å². The van der Waals surface area contributed by atoms with Gasteiger partial charge >= 0.3 is 6.03 Å². The van der Waals surface area contributed by atoms with Gasteiger partial charge in [0.05, 0.1) is 0 Å². The third-order valence-corrected chi connectivity index (χ3v) is 6.44. The molecular formula is C21H33N13OS. The van der Waals surface area contributed by atoms with Gasteiger partial charge in [0.1, 0.15) is 5.84 Å². The van der Waals surface area contributed by atoms with Crippen molar-refractivity contribution in [1.82, 2.24) is 19.3 Å². The predicted molar refractivity (Wildman–Crippen MR) is 142 cm³/mol. The summed E-state index contributed by atoms with van der Waals surface area (Å²) in [5.74, 6) is 1.11. The first-order chi connectivity index (χ1) is 17.1. The largest absolute Gasteiger partial charge is 0.350 e. The topological polar surface area (TPSA) is 231 Å². The van der Waals surface area contributed by atoms with E-state index in [0.29, 0.717) is 55.3 Å². The highest BCUT2D eigenvalue weighted by atomic mass is 32.1. The Morgan fingerprint density at radius 3 is 1.75 bits per heavy atom. The van der Waals surface area contributed by atoms with E-state index in [1.165, 1.54) is 0 Å². The van der Waals surface area contributed by atoms with Gasteiger partial charge in [0, 0.05) is 61.6 Å². The maximum Gasteiger partial charge on any atom is 0.330 e. The van der Waals surface area contributed by atoms with Crippen LogP contribution < -0.4 is 43.8 Å². The summed E-state index contributed by atoms with van der Waals surface area (Å²) in [6.07, 6.45) is 1.46. The van der Waals surface area contributed by atoms with Crippen LogP contribution in [-0.2, 0) is 0 Å². The molecule has 4 unspecified atom stereocenters. The minimum atomic E-state index is -0.843. The number of primary amides is 1. The van der Waals surface area contributed by atoms with E-state index in [-0.39, 0.29) is 30.0 Å². The van der Waals surface area contributed by atoms with Gasteiger partial charge in [0.2, 0.25) is 17.8 Å². The van der Waals surface area contributed by atoms with E-state index in [2.05, 4.69) is 28.1 Å². The van der Waals surface area contributed by atoms with Crippen LogP contribution in [0, 0.1) is 5.41 Å². The van der Waals surface area contributed by atoms with Crippen molar-refractivity contribution in [2.45, 2.75) is 37.0 Å². The third kappa shape index (κ3) is 6.11. The van der Waals surface area contributed by atoms with Crippen molar-refractivity contribution < 1.29 is 4.79 Å². The number of anilines is 4. The summed E-state index contributed by atoms with van der Waals surface area (Å²) in [5, 5.41) is 11.2. The minimum Gasteiger partial charge on any atom is -0.350 e. The van der Waals surface area contributed by atoms with Crippen molar-refractivity contribution in [3.63, 3.8) is 0 Å². The average Bonchev–Trinajstić information content (AvgIpc) is 2.82. The van der Waals surface area contributed by atoms with Crippen LogP contribution in [-0.4, -0.2) is 81.5 Å². The molecule has 1 aromatic carbocycles. The van der Waals surface area contributed by atoms with Crippen molar-refractivity contribution in [2.75, 3.05) is 41.3 Å². The molecule has 3 heterocycles. The van der Waals surface area contributed by atoms with Gasteiger partial charge in [0.15, 0.2) is 0 Å². The van der Waals surface area contributed by atoms with Crippen LogP contribution in [0.4, 0.5) is 28.3 Å². The Labute approximate surface area is 214 Å². The number of rotatable bonds is 5. The molecule has 0 saturated carbocycles. The zero-order valence-corrected chi connectivity index (χ0v) is 20.7. The number of nitrogens with zero attached hydrogens (tertiary/aromatic N) is 6. The molecule has 2 fully saturated rings. The molecule has 14 nitrogen and oxygen atoms in total. The molecule has 2 amide bonds. The Balaban J connectivity index is 1.61. The summed E-state index contributed by atoms with van der Waals surface area (Å²) in [7, 11) is 0. The fourth-order valence-electron chi connectivity index (χ4n) is 4.45. The number of carbonyl (C=O) groups excluding carboxylic acids is 1. The highest BCUT2D eigenvalue weighted by Gasteiger charge is 2.28. The van der Waals surface area contributed by atoms with Gasteiger partial charge in [0.25, 0.3) is 0 Å². The lowest BCUT2D eigenvalue weighted by Crippen LogP contribution is -2.54. The summed E-state index contributed by atoms with van der Waals surface area (Å²) in [6.45, 7) is 2.30. The number of carbonyl (C=O) groups is 1. The molecule has 4 atom stereocenters. The molecule has 12 N–H and O–H groups in total. The van der Waals surface area contributed by atoms with E-state index < -0.39 is 6.03 Å². The van der Waals surface area contributed by atoms with Gasteiger partial charge in [-0.2, -0.15) is 15.0 Å². The number of urea groups is 1. The molecule has 194 valence electrons. The zero-order chi connectivity index (χ0) is 26.0. The Hall–Kier alpha value is -3.24. The van der Waals surface area contributed by atoms with Crippen molar-refractivity contribution in [1.29, 1.82) is 5.41 Å². The van der Waals surface area contributed by atoms with E-state index >= 15 is 0 Å². The highest BCUT2D eigenvalue weighted by Crippen LogP contribution is 2.24. The molecule has 2 aliphatic rings.